The van der Waals surface area contributed by atoms with Crippen molar-refractivity contribution in [2.75, 3.05) is 25.1 Å². The van der Waals surface area contributed by atoms with Crippen molar-refractivity contribution < 1.29 is 19.0 Å². The number of aromatic nitrogens is 2. The SMILES string of the molecule is O=C(N[C@H](CO)c1ccc(Cl)c(F)c1)c1ccc2cnc(NC3CCOCC3)nc2c1. The summed E-state index contributed by atoms with van der Waals surface area (Å²) in [5.74, 6) is -0.519. The minimum absolute atomic E-state index is 0.0221. The maximum Gasteiger partial charge on any atom is 0.251 e. The summed E-state index contributed by atoms with van der Waals surface area (Å²) in [4.78, 5) is 21.7. The topological polar surface area (TPSA) is 96.4 Å². The molecule has 0 saturated carbocycles. The minimum Gasteiger partial charge on any atom is -0.394 e. The van der Waals surface area contributed by atoms with E-state index in [4.69, 9.17) is 16.3 Å². The number of carbonyl (C=O) groups is 1. The van der Waals surface area contributed by atoms with Gasteiger partial charge in [-0.1, -0.05) is 23.7 Å². The summed E-state index contributed by atoms with van der Waals surface area (Å²) >= 11 is 5.71. The molecule has 0 unspecified atom stereocenters. The second-order valence-electron chi connectivity index (χ2n) is 7.38. The molecule has 1 aliphatic heterocycles. The van der Waals surface area contributed by atoms with E-state index >= 15 is 0 Å². The summed E-state index contributed by atoms with van der Waals surface area (Å²) in [6, 6.07) is 8.72. The lowest BCUT2D eigenvalue weighted by Gasteiger charge is -2.23. The highest BCUT2D eigenvalue weighted by molar-refractivity contribution is 6.30. The highest BCUT2D eigenvalue weighted by Crippen LogP contribution is 2.22. The number of halogens is 2. The lowest BCUT2D eigenvalue weighted by molar-refractivity contribution is 0.0902. The smallest absolute Gasteiger partial charge is 0.251 e. The third kappa shape index (κ3) is 5.10. The highest BCUT2D eigenvalue weighted by atomic mass is 35.5. The molecule has 0 radical (unpaired) electrons. The van der Waals surface area contributed by atoms with Crippen molar-refractivity contribution in [1.82, 2.24) is 15.3 Å². The van der Waals surface area contributed by atoms with Gasteiger partial charge in [-0.2, -0.15) is 0 Å². The Morgan fingerprint density at radius 1 is 1.26 bits per heavy atom. The lowest BCUT2D eigenvalue weighted by atomic mass is 10.1. The molecule has 31 heavy (non-hydrogen) atoms. The number of amides is 1. The molecule has 1 fully saturated rings. The number of hydrogen-bond donors (Lipinski definition) is 3. The molecule has 7 nitrogen and oxygen atoms in total. The first-order chi connectivity index (χ1) is 15.0. The molecule has 0 aliphatic carbocycles. The number of aliphatic hydroxyl groups is 1. The molecule has 2 heterocycles. The van der Waals surface area contributed by atoms with Gasteiger partial charge in [0.1, 0.15) is 5.82 Å². The van der Waals surface area contributed by atoms with E-state index in [-0.39, 0.29) is 17.7 Å². The fourth-order valence-corrected chi connectivity index (χ4v) is 3.58. The summed E-state index contributed by atoms with van der Waals surface area (Å²) in [6.07, 6.45) is 3.48. The molecule has 0 bridgehead atoms. The molecular weight excluding hydrogens is 423 g/mol. The van der Waals surface area contributed by atoms with Gasteiger partial charge in [-0.3, -0.25) is 4.79 Å². The summed E-state index contributed by atoms with van der Waals surface area (Å²) in [5.41, 5.74) is 1.41. The number of anilines is 1. The van der Waals surface area contributed by atoms with Crippen LogP contribution >= 0.6 is 11.6 Å². The van der Waals surface area contributed by atoms with Gasteiger partial charge in [-0.05, 0) is 42.7 Å². The molecule has 2 aromatic carbocycles. The normalized spacial score (nSPS) is 15.6. The molecule has 1 amide bonds. The Bertz CT molecular complexity index is 1090. The predicted octanol–water partition coefficient (Wildman–Crippen LogP) is 3.48. The molecule has 3 N–H and O–H groups in total. The zero-order valence-electron chi connectivity index (χ0n) is 16.6. The Hall–Kier alpha value is -2.81. The van der Waals surface area contributed by atoms with Gasteiger partial charge in [0.05, 0.1) is 23.2 Å². The summed E-state index contributed by atoms with van der Waals surface area (Å²) in [6.45, 7) is 1.03. The van der Waals surface area contributed by atoms with Crippen molar-refractivity contribution in [2.45, 2.75) is 24.9 Å². The Morgan fingerprint density at radius 2 is 2.06 bits per heavy atom. The molecule has 1 aromatic heterocycles. The van der Waals surface area contributed by atoms with E-state index in [0.717, 1.165) is 18.2 Å². The number of ether oxygens (including phenoxy) is 1. The van der Waals surface area contributed by atoms with Gasteiger partial charge < -0.3 is 20.5 Å². The summed E-state index contributed by atoms with van der Waals surface area (Å²) in [7, 11) is 0. The number of fused-ring (bicyclic) bond motifs is 1. The number of carbonyl (C=O) groups excluding carboxylic acids is 1. The van der Waals surface area contributed by atoms with E-state index in [9.17, 15) is 14.3 Å². The van der Waals surface area contributed by atoms with Crippen molar-refractivity contribution in [3.63, 3.8) is 0 Å². The van der Waals surface area contributed by atoms with Gasteiger partial charge in [0.15, 0.2) is 0 Å². The molecule has 9 heteroatoms. The van der Waals surface area contributed by atoms with Crippen molar-refractivity contribution in [1.29, 1.82) is 0 Å². The first-order valence-electron chi connectivity index (χ1n) is 10.0. The maximum absolute atomic E-state index is 13.8. The Balaban J connectivity index is 1.51. The van der Waals surface area contributed by atoms with Crippen molar-refractivity contribution in [3.05, 3.63) is 64.6 Å². The predicted molar refractivity (Wildman–Crippen MR) is 116 cm³/mol. The van der Waals surface area contributed by atoms with E-state index in [0.29, 0.717) is 35.8 Å². The fraction of sp³-hybridized carbons (Fsp3) is 0.318. The molecule has 1 aliphatic rings. The third-order valence-corrected chi connectivity index (χ3v) is 5.54. The number of hydrogen-bond acceptors (Lipinski definition) is 6. The second kappa shape index (κ2) is 9.55. The Morgan fingerprint density at radius 3 is 2.81 bits per heavy atom. The van der Waals surface area contributed by atoms with Crippen molar-refractivity contribution in [3.8, 4) is 0 Å². The first kappa shape index (κ1) is 21.4. The minimum atomic E-state index is -0.772. The van der Waals surface area contributed by atoms with Crippen LogP contribution in [0.3, 0.4) is 0 Å². The van der Waals surface area contributed by atoms with Crippen LogP contribution in [0.25, 0.3) is 10.9 Å². The van der Waals surface area contributed by atoms with Crippen molar-refractivity contribution in [2.24, 2.45) is 0 Å². The maximum atomic E-state index is 13.8. The van der Waals surface area contributed by atoms with Crippen LogP contribution in [0, 0.1) is 5.82 Å². The second-order valence-corrected chi connectivity index (χ2v) is 7.79. The lowest BCUT2D eigenvalue weighted by Crippen LogP contribution is -2.31. The molecule has 1 atom stereocenters. The van der Waals surface area contributed by atoms with E-state index in [1.807, 2.05) is 0 Å². The van der Waals surface area contributed by atoms with Gasteiger partial charge in [0.25, 0.3) is 5.91 Å². The average molecular weight is 445 g/mol. The fourth-order valence-electron chi connectivity index (χ4n) is 3.46. The van der Waals surface area contributed by atoms with Crippen LogP contribution in [0.5, 0.6) is 0 Å². The number of aliphatic hydroxyl groups excluding tert-OH is 1. The standard InChI is InChI=1S/C22H22ClFN4O3/c23-17-4-3-13(9-18(17)24)20(12-29)27-21(30)14-1-2-15-11-25-22(28-19(15)10-14)26-16-5-7-31-8-6-16/h1-4,9-11,16,20,29H,5-8,12H2,(H,27,30)(H,25,26,28)/t20-/m1/s1. The third-order valence-electron chi connectivity index (χ3n) is 5.23. The van der Waals surface area contributed by atoms with E-state index in [2.05, 4.69) is 20.6 Å². The Labute approximate surface area is 183 Å². The van der Waals surface area contributed by atoms with Crippen LogP contribution in [-0.2, 0) is 4.74 Å². The van der Waals surface area contributed by atoms with Crippen LogP contribution in [0.15, 0.2) is 42.6 Å². The van der Waals surface area contributed by atoms with E-state index < -0.39 is 17.8 Å². The van der Waals surface area contributed by atoms with Crippen LogP contribution < -0.4 is 10.6 Å². The molecule has 162 valence electrons. The van der Waals surface area contributed by atoms with Crippen molar-refractivity contribution >= 4 is 34.4 Å². The van der Waals surface area contributed by atoms with Gasteiger partial charge >= 0.3 is 0 Å². The quantitative estimate of drug-likeness (QED) is 0.538. The number of benzene rings is 2. The molecule has 4 rings (SSSR count). The monoisotopic (exact) mass is 444 g/mol. The molecule has 1 saturated heterocycles. The average Bonchev–Trinajstić information content (AvgIpc) is 2.79. The van der Waals surface area contributed by atoms with Gasteiger partial charge in [-0.15, -0.1) is 0 Å². The number of rotatable bonds is 6. The number of nitrogens with zero attached hydrogens (tertiary/aromatic N) is 2. The molecule has 0 spiro atoms. The van der Waals surface area contributed by atoms with Crippen LogP contribution in [0.1, 0.15) is 34.8 Å². The number of nitrogens with one attached hydrogen (secondary N) is 2. The molecular formula is C22H22ClFN4O3. The van der Waals surface area contributed by atoms with Gasteiger partial charge in [0, 0.05) is 36.4 Å². The first-order valence-corrected chi connectivity index (χ1v) is 10.4. The molecule has 3 aromatic rings. The Kier molecular flexibility index (Phi) is 6.60. The largest absolute Gasteiger partial charge is 0.394 e. The zero-order valence-corrected chi connectivity index (χ0v) is 17.4. The van der Waals surface area contributed by atoms with E-state index in [1.54, 1.807) is 30.5 Å². The zero-order chi connectivity index (χ0) is 21.8. The van der Waals surface area contributed by atoms with Gasteiger partial charge in [0.2, 0.25) is 5.95 Å². The highest BCUT2D eigenvalue weighted by Gasteiger charge is 2.18. The van der Waals surface area contributed by atoms with Gasteiger partial charge in [-0.25, -0.2) is 14.4 Å². The summed E-state index contributed by atoms with van der Waals surface area (Å²) < 4.78 is 19.1. The summed E-state index contributed by atoms with van der Waals surface area (Å²) in [5, 5.41) is 16.5. The van der Waals surface area contributed by atoms with Crippen LogP contribution in [-0.4, -0.2) is 46.8 Å². The van der Waals surface area contributed by atoms with Crippen LogP contribution in [0.4, 0.5) is 10.3 Å². The van der Waals surface area contributed by atoms with E-state index in [1.165, 1.54) is 12.1 Å². The van der Waals surface area contributed by atoms with Crippen LogP contribution in [0.2, 0.25) is 5.02 Å².